The van der Waals surface area contributed by atoms with Crippen molar-refractivity contribution in [1.29, 1.82) is 0 Å². The van der Waals surface area contributed by atoms with Crippen LogP contribution in [0, 0.1) is 0 Å². The van der Waals surface area contributed by atoms with Gasteiger partial charge in [-0.2, -0.15) is 0 Å². The van der Waals surface area contributed by atoms with Gasteiger partial charge in [0, 0.05) is 36.2 Å². The molecule has 0 unspecified atom stereocenters. The Morgan fingerprint density at radius 1 is 1.18 bits per heavy atom. The lowest BCUT2D eigenvalue weighted by Crippen LogP contribution is -2.32. The molecule has 28 heavy (non-hydrogen) atoms. The molecule has 2 aromatic heterocycles. The topological polar surface area (TPSA) is 82.1 Å². The molecule has 7 heteroatoms. The van der Waals surface area contributed by atoms with E-state index in [1.54, 1.807) is 0 Å². The van der Waals surface area contributed by atoms with Gasteiger partial charge in [-0.1, -0.05) is 35.9 Å². The van der Waals surface area contributed by atoms with Crippen LogP contribution < -0.4 is 0 Å². The number of H-pyrrole nitrogens is 1. The second kappa shape index (κ2) is 6.58. The summed E-state index contributed by atoms with van der Waals surface area (Å²) in [5.74, 6) is -0.0932. The first kappa shape index (κ1) is 17.2. The third-order valence-electron chi connectivity index (χ3n) is 5.23. The van der Waals surface area contributed by atoms with Gasteiger partial charge < -0.3 is 10.1 Å². The maximum absolute atomic E-state index is 12.0. The molecule has 140 valence electrons. The van der Waals surface area contributed by atoms with E-state index in [4.69, 9.17) is 16.6 Å². The summed E-state index contributed by atoms with van der Waals surface area (Å²) in [6, 6.07) is 13.1. The minimum Gasteiger partial charge on any atom is -0.478 e. The van der Waals surface area contributed by atoms with Gasteiger partial charge in [0.1, 0.15) is 11.3 Å². The van der Waals surface area contributed by atoms with Crippen LogP contribution in [0.3, 0.4) is 0 Å². The van der Waals surface area contributed by atoms with Crippen molar-refractivity contribution in [2.24, 2.45) is 0 Å². The van der Waals surface area contributed by atoms with Crippen molar-refractivity contribution in [2.75, 3.05) is 6.54 Å². The van der Waals surface area contributed by atoms with Crippen molar-refractivity contribution in [3.63, 3.8) is 0 Å². The van der Waals surface area contributed by atoms with Crippen molar-refractivity contribution >= 4 is 39.5 Å². The van der Waals surface area contributed by atoms with Gasteiger partial charge in [0.05, 0.1) is 28.2 Å². The van der Waals surface area contributed by atoms with Crippen LogP contribution >= 0.6 is 11.6 Å². The number of nitrogens with zero attached hydrogens (tertiary/aromatic N) is 3. The molecule has 0 saturated heterocycles. The highest BCUT2D eigenvalue weighted by molar-refractivity contribution is 6.34. The molecule has 0 spiro atoms. The molecule has 0 atom stereocenters. The van der Waals surface area contributed by atoms with E-state index >= 15 is 0 Å². The summed E-state index contributed by atoms with van der Waals surface area (Å²) in [5, 5.41) is 11.2. The highest BCUT2D eigenvalue weighted by Gasteiger charge is 2.26. The van der Waals surface area contributed by atoms with Gasteiger partial charge in [0.15, 0.2) is 0 Å². The molecule has 2 aromatic carbocycles. The molecule has 1 aliphatic rings. The van der Waals surface area contributed by atoms with Crippen LogP contribution in [0.1, 0.15) is 27.4 Å². The number of carboxylic acids is 1. The third-order valence-corrected chi connectivity index (χ3v) is 5.53. The van der Waals surface area contributed by atoms with Crippen molar-refractivity contribution in [3.05, 3.63) is 70.1 Å². The lowest BCUT2D eigenvalue weighted by molar-refractivity contribution is 0.0695. The first-order valence-corrected chi connectivity index (χ1v) is 9.47. The van der Waals surface area contributed by atoms with Crippen molar-refractivity contribution in [2.45, 2.75) is 19.5 Å². The zero-order chi connectivity index (χ0) is 19.3. The Balaban J connectivity index is 1.51. The first-order valence-electron chi connectivity index (χ1n) is 9.09. The van der Waals surface area contributed by atoms with Gasteiger partial charge in [0.25, 0.3) is 0 Å². The number of fused-ring (bicyclic) bond motifs is 3. The van der Waals surface area contributed by atoms with Gasteiger partial charge in [-0.15, -0.1) is 0 Å². The molecule has 0 amide bonds. The average Bonchev–Trinajstić information content (AvgIpc) is 3.10. The monoisotopic (exact) mass is 392 g/mol. The number of hydrogen-bond acceptors (Lipinski definition) is 4. The van der Waals surface area contributed by atoms with Gasteiger partial charge in [-0.25, -0.2) is 9.78 Å². The van der Waals surface area contributed by atoms with Gasteiger partial charge in [-0.05, 0) is 18.2 Å². The number of pyridine rings is 1. The smallest absolute Gasteiger partial charge is 0.336 e. The maximum Gasteiger partial charge on any atom is 0.336 e. The molecule has 0 radical (unpaired) electrons. The number of aromatic amines is 1. The Bertz CT molecular complexity index is 1230. The van der Waals surface area contributed by atoms with Gasteiger partial charge in [0.2, 0.25) is 0 Å². The number of aromatic carboxylic acids is 1. The van der Waals surface area contributed by atoms with E-state index in [9.17, 15) is 9.90 Å². The SMILES string of the molecule is O=C(O)c1c2c(nc3ccccc13)CCN(Cc1nc3c(Cl)cccc3[nH]1)C2. The predicted molar refractivity (Wildman–Crippen MR) is 108 cm³/mol. The minimum absolute atomic E-state index is 0.359. The largest absolute Gasteiger partial charge is 0.478 e. The maximum atomic E-state index is 12.0. The standard InChI is InChI=1S/C21H17ClN4O2/c22-14-5-3-7-17-20(14)25-18(24-17)11-26-9-8-16-13(10-26)19(21(27)28)12-4-1-2-6-15(12)23-16/h1-7H,8-11H2,(H,24,25)(H,27,28). The first-order chi connectivity index (χ1) is 13.6. The van der Waals surface area contributed by atoms with Gasteiger partial charge >= 0.3 is 5.97 Å². The quantitative estimate of drug-likeness (QED) is 0.550. The van der Waals surface area contributed by atoms with E-state index in [1.807, 2.05) is 42.5 Å². The summed E-state index contributed by atoms with van der Waals surface area (Å²) >= 11 is 6.22. The molecule has 4 aromatic rings. The normalized spacial score (nSPS) is 14.5. The van der Waals surface area contributed by atoms with E-state index < -0.39 is 5.97 Å². The fourth-order valence-corrected chi connectivity index (χ4v) is 4.18. The average molecular weight is 393 g/mol. The third kappa shape index (κ3) is 2.82. The van der Waals surface area contributed by atoms with Crippen LogP contribution in [-0.4, -0.2) is 37.5 Å². The number of carboxylic acid groups (broad SMARTS) is 1. The van der Waals surface area contributed by atoms with Crippen LogP contribution in [0.5, 0.6) is 0 Å². The number of para-hydroxylation sites is 2. The second-order valence-corrected chi connectivity index (χ2v) is 7.42. The van der Waals surface area contributed by atoms with Crippen LogP contribution in [-0.2, 0) is 19.5 Å². The van der Waals surface area contributed by atoms with E-state index in [2.05, 4.69) is 14.9 Å². The zero-order valence-electron chi connectivity index (χ0n) is 14.9. The Morgan fingerprint density at radius 2 is 2.04 bits per heavy atom. The highest BCUT2D eigenvalue weighted by atomic mass is 35.5. The van der Waals surface area contributed by atoms with E-state index in [0.29, 0.717) is 35.5 Å². The lowest BCUT2D eigenvalue weighted by atomic mass is 9.96. The minimum atomic E-state index is -0.910. The number of benzene rings is 2. The molecule has 5 rings (SSSR count). The summed E-state index contributed by atoms with van der Waals surface area (Å²) in [5.41, 5.74) is 4.43. The molecular formula is C21H17ClN4O2. The Kier molecular flexibility index (Phi) is 4.03. The van der Waals surface area contributed by atoms with E-state index in [-0.39, 0.29) is 0 Å². The highest BCUT2D eigenvalue weighted by Crippen LogP contribution is 2.29. The summed E-state index contributed by atoms with van der Waals surface area (Å²) in [7, 11) is 0. The molecule has 0 bridgehead atoms. The fraction of sp³-hybridized carbons (Fsp3) is 0.190. The molecule has 0 fully saturated rings. The Morgan fingerprint density at radius 3 is 2.86 bits per heavy atom. The number of nitrogens with one attached hydrogen (secondary N) is 1. The number of hydrogen-bond donors (Lipinski definition) is 2. The molecule has 0 aliphatic carbocycles. The molecule has 1 aliphatic heterocycles. The van der Waals surface area contributed by atoms with Crippen LogP contribution in [0.25, 0.3) is 21.9 Å². The van der Waals surface area contributed by atoms with Crippen molar-refractivity contribution < 1.29 is 9.90 Å². The number of aromatic nitrogens is 3. The molecule has 6 nitrogen and oxygen atoms in total. The van der Waals surface area contributed by atoms with Crippen molar-refractivity contribution in [1.82, 2.24) is 19.9 Å². The number of imidazole rings is 1. The zero-order valence-corrected chi connectivity index (χ0v) is 15.7. The van der Waals surface area contributed by atoms with Crippen LogP contribution in [0.15, 0.2) is 42.5 Å². The molecular weight excluding hydrogens is 376 g/mol. The summed E-state index contributed by atoms with van der Waals surface area (Å²) in [4.78, 5) is 26.8. The number of carbonyl (C=O) groups is 1. The Labute approximate surface area is 165 Å². The van der Waals surface area contributed by atoms with E-state index in [1.165, 1.54) is 0 Å². The lowest BCUT2D eigenvalue weighted by Gasteiger charge is -2.29. The summed E-state index contributed by atoms with van der Waals surface area (Å²) in [6.07, 6.45) is 0.710. The van der Waals surface area contributed by atoms with Crippen LogP contribution in [0.2, 0.25) is 5.02 Å². The Hall–Kier alpha value is -2.96. The number of rotatable bonds is 3. The summed E-state index contributed by atoms with van der Waals surface area (Å²) in [6.45, 7) is 1.91. The van der Waals surface area contributed by atoms with Gasteiger partial charge in [-0.3, -0.25) is 9.88 Å². The molecule has 2 N–H and O–H groups in total. The summed E-state index contributed by atoms with van der Waals surface area (Å²) < 4.78 is 0. The van der Waals surface area contributed by atoms with Crippen LogP contribution in [0.4, 0.5) is 0 Å². The number of halogens is 1. The molecule has 0 saturated carbocycles. The molecule has 3 heterocycles. The fourth-order valence-electron chi connectivity index (χ4n) is 3.96. The predicted octanol–water partition coefficient (Wildman–Crippen LogP) is 4.02. The van der Waals surface area contributed by atoms with Crippen molar-refractivity contribution in [3.8, 4) is 0 Å². The van der Waals surface area contributed by atoms with E-state index in [0.717, 1.165) is 40.2 Å². The second-order valence-electron chi connectivity index (χ2n) is 7.01.